The number of rotatable bonds is 8. The minimum absolute atomic E-state index is 0.00575. The maximum absolute atomic E-state index is 13.7. The first kappa shape index (κ1) is 31.2. The van der Waals surface area contributed by atoms with Gasteiger partial charge in [-0.25, -0.2) is 4.79 Å². The number of esters is 1. The van der Waals surface area contributed by atoms with Crippen LogP contribution in [0.2, 0.25) is 0 Å². The minimum atomic E-state index is -1.92. The van der Waals surface area contributed by atoms with Crippen LogP contribution in [0.25, 0.3) is 28.4 Å². The summed E-state index contributed by atoms with van der Waals surface area (Å²) in [6.45, 7) is -0.599. The fourth-order valence-corrected chi connectivity index (χ4v) is 4.61. The SMILES string of the molecule is COc1cc(-c2oc3cc(O)cc(O)c3c(=O)c2OC2O[C@H](COC(=O)/C=C/c3ccc(O)cc3)[C@@H](O)[C@H](O)[C@H]2O)ccc1O. The van der Waals surface area contributed by atoms with Gasteiger partial charge < -0.3 is 59.1 Å². The van der Waals surface area contributed by atoms with Gasteiger partial charge in [-0.15, -0.1) is 0 Å². The highest BCUT2D eigenvalue weighted by atomic mass is 16.7. The molecule has 0 saturated carbocycles. The van der Waals surface area contributed by atoms with E-state index >= 15 is 0 Å². The number of aliphatic hydroxyl groups excluding tert-OH is 3. The van der Waals surface area contributed by atoms with E-state index in [1.807, 2.05) is 0 Å². The topological polar surface area (TPSA) is 226 Å². The van der Waals surface area contributed by atoms with Crippen molar-refractivity contribution in [3.8, 4) is 45.8 Å². The number of phenols is 4. The van der Waals surface area contributed by atoms with Gasteiger partial charge in [-0.3, -0.25) is 4.79 Å². The molecule has 1 aliphatic rings. The second-order valence-electron chi connectivity index (χ2n) is 10.0. The number of fused-ring (bicyclic) bond motifs is 1. The number of carbonyl (C=O) groups is 1. The average Bonchev–Trinajstić information content (AvgIpc) is 3.01. The molecule has 2 heterocycles. The Bertz CT molecular complexity index is 1800. The third-order valence-corrected chi connectivity index (χ3v) is 6.96. The Hall–Kier alpha value is -5.28. The Morgan fingerprint density at radius 3 is 2.33 bits per heavy atom. The van der Waals surface area contributed by atoms with Gasteiger partial charge in [0.15, 0.2) is 17.3 Å². The van der Waals surface area contributed by atoms with Crippen LogP contribution in [-0.2, 0) is 14.3 Å². The van der Waals surface area contributed by atoms with Gasteiger partial charge in [0.25, 0.3) is 0 Å². The van der Waals surface area contributed by atoms with Crippen molar-refractivity contribution in [3.05, 3.63) is 76.5 Å². The normalized spacial score (nSPS) is 21.6. The molecule has 14 heteroatoms. The Kier molecular flexibility index (Phi) is 8.83. The molecule has 1 unspecified atom stereocenters. The molecule has 0 aliphatic carbocycles. The molecule has 14 nitrogen and oxygen atoms in total. The van der Waals surface area contributed by atoms with Crippen molar-refractivity contribution in [2.75, 3.05) is 13.7 Å². The average molecular weight is 625 g/mol. The molecular weight excluding hydrogens is 596 g/mol. The molecule has 3 aromatic carbocycles. The van der Waals surface area contributed by atoms with Crippen molar-refractivity contribution in [3.63, 3.8) is 0 Å². The fraction of sp³-hybridized carbons (Fsp3) is 0.226. The zero-order valence-corrected chi connectivity index (χ0v) is 23.4. The van der Waals surface area contributed by atoms with Crippen molar-refractivity contribution >= 4 is 23.0 Å². The summed E-state index contributed by atoms with van der Waals surface area (Å²) < 4.78 is 27.5. The molecule has 1 aliphatic heterocycles. The van der Waals surface area contributed by atoms with Gasteiger partial charge in [-0.05, 0) is 42.0 Å². The zero-order chi connectivity index (χ0) is 32.4. The third kappa shape index (κ3) is 6.49. The predicted molar refractivity (Wildman–Crippen MR) is 155 cm³/mol. The van der Waals surface area contributed by atoms with E-state index in [0.29, 0.717) is 5.56 Å². The van der Waals surface area contributed by atoms with Crippen LogP contribution >= 0.6 is 0 Å². The summed E-state index contributed by atoms with van der Waals surface area (Å²) in [5.74, 6) is -3.01. The van der Waals surface area contributed by atoms with Crippen LogP contribution < -0.4 is 14.9 Å². The van der Waals surface area contributed by atoms with E-state index in [1.54, 1.807) is 12.1 Å². The van der Waals surface area contributed by atoms with Crippen molar-refractivity contribution in [2.24, 2.45) is 0 Å². The van der Waals surface area contributed by atoms with Gasteiger partial charge >= 0.3 is 5.97 Å². The van der Waals surface area contributed by atoms with E-state index in [0.717, 1.165) is 18.2 Å². The zero-order valence-electron chi connectivity index (χ0n) is 23.4. The Morgan fingerprint density at radius 1 is 0.889 bits per heavy atom. The monoisotopic (exact) mass is 624 g/mol. The van der Waals surface area contributed by atoms with Gasteiger partial charge in [0.2, 0.25) is 17.5 Å². The summed E-state index contributed by atoms with van der Waals surface area (Å²) in [5, 5.41) is 71.2. The largest absolute Gasteiger partial charge is 0.508 e. The van der Waals surface area contributed by atoms with Crippen molar-refractivity contribution in [1.82, 2.24) is 0 Å². The van der Waals surface area contributed by atoms with Crippen LogP contribution in [-0.4, -0.2) is 86.1 Å². The van der Waals surface area contributed by atoms with Crippen LogP contribution in [0.15, 0.2) is 69.9 Å². The number of hydrogen-bond acceptors (Lipinski definition) is 14. The molecule has 236 valence electrons. The van der Waals surface area contributed by atoms with E-state index in [9.17, 15) is 45.3 Å². The van der Waals surface area contributed by atoms with Gasteiger partial charge in [0.1, 0.15) is 59.2 Å². The summed E-state index contributed by atoms with van der Waals surface area (Å²) in [6.07, 6.45) is -6.31. The molecule has 7 N–H and O–H groups in total. The molecule has 0 bridgehead atoms. The van der Waals surface area contributed by atoms with Crippen LogP contribution in [0.4, 0.5) is 0 Å². The number of aromatic hydroxyl groups is 4. The molecule has 5 rings (SSSR count). The lowest BCUT2D eigenvalue weighted by molar-refractivity contribution is -0.278. The minimum Gasteiger partial charge on any atom is -0.508 e. The Labute approximate surface area is 253 Å². The van der Waals surface area contributed by atoms with Crippen LogP contribution in [0.3, 0.4) is 0 Å². The predicted octanol–water partition coefficient (Wildman–Crippen LogP) is 1.73. The first-order valence-corrected chi connectivity index (χ1v) is 13.4. The van der Waals surface area contributed by atoms with Crippen LogP contribution in [0.1, 0.15) is 5.56 Å². The molecule has 4 aromatic rings. The van der Waals surface area contributed by atoms with E-state index < -0.39 is 71.3 Å². The van der Waals surface area contributed by atoms with E-state index in [2.05, 4.69) is 0 Å². The summed E-state index contributed by atoms with van der Waals surface area (Å²) >= 11 is 0. The lowest BCUT2D eigenvalue weighted by Gasteiger charge is -2.39. The van der Waals surface area contributed by atoms with E-state index in [-0.39, 0.29) is 34.2 Å². The number of phenolic OH excluding ortho intramolecular Hbond substituents is 4. The van der Waals surface area contributed by atoms with E-state index in [1.165, 1.54) is 43.5 Å². The molecule has 1 saturated heterocycles. The molecule has 45 heavy (non-hydrogen) atoms. The summed E-state index contributed by atoms with van der Waals surface area (Å²) in [4.78, 5) is 26.0. The molecule has 1 aromatic heterocycles. The van der Waals surface area contributed by atoms with Gasteiger partial charge in [0.05, 0.1) is 7.11 Å². The number of benzene rings is 3. The second kappa shape index (κ2) is 12.8. The molecule has 5 atom stereocenters. The summed E-state index contributed by atoms with van der Waals surface area (Å²) in [6, 6.07) is 11.8. The number of carbonyl (C=O) groups excluding carboxylic acids is 1. The van der Waals surface area contributed by atoms with E-state index in [4.69, 9.17) is 23.4 Å². The third-order valence-electron chi connectivity index (χ3n) is 6.96. The van der Waals surface area contributed by atoms with Gasteiger partial charge in [-0.1, -0.05) is 12.1 Å². The molecule has 0 radical (unpaired) electrons. The molecule has 0 spiro atoms. The Balaban J connectivity index is 1.45. The number of aliphatic hydroxyl groups is 3. The number of ether oxygens (including phenoxy) is 4. The maximum Gasteiger partial charge on any atom is 0.330 e. The molecule has 0 amide bonds. The first-order valence-electron chi connectivity index (χ1n) is 13.4. The second-order valence-corrected chi connectivity index (χ2v) is 10.0. The number of hydrogen-bond donors (Lipinski definition) is 7. The van der Waals surface area contributed by atoms with Crippen LogP contribution in [0, 0.1) is 0 Å². The number of methoxy groups -OCH3 is 1. The quantitative estimate of drug-likeness (QED) is 0.110. The first-order chi connectivity index (χ1) is 21.5. The van der Waals surface area contributed by atoms with Gasteiger partial charge in [0, 0.05) is 23.8 Å². The highest BCUT2D eigenvalue weighted by Crippen LogP contribution is 2.39. The van der Waals surface area contributed by atoms with Gasteiger partial charge in [-0.2, -0.15) is 0 Å². The lowest BCUT2D eigenvalue weighted by atomic mass is 9.99. The summed E-state index contributed by atoms with van der Waals surface area (Å²) in [5.41, 5.74) is -0.492. The standard InChI is InChI=1S/C31H28O14/c1-41-20-10-15(5-8-18(20)34)29-30(26(38)24-19(35)11-17(33)12-21(24)43-29)45-31-28(40)27(39)25(37)22(44-31)13-42-23(36)9-4-14-2-6-16(32)7-3-14/h2-12,22,25,27-28,31-35,37,39-40H,13H2,1H3/b9-4+/t22-,25-,27+,28-,31?/m1/s1. The highest BCUT2D eigenvalue weighted by molar-refractivity contribution is 5.88. The highest BCUT2D eigenvalue weighted by Gasteiger charge is 2.46. The summed E-state index contributed by atoms with van der Waals surface area (Å²) in [7, 11) is 1.29. The van der Waals surface area contributed by atoms with Crippen molar-refractivity contribution < 1.29 is 63.9 Å². The molecular formula is C31H28O14. The lowest BCUT2D eigenvalue weighted by Crippen LogP contribution is -2.60. The Morgan fingerprint density at radius 2 is 1.62 bits per heavy atom. The molecule has 1 fully saturated rings. The van der Waals surface area contributed by atoms with Crippen molar-refractivity contribution in [2.45, 2.75) is 30.7 Å². The maximum atomic E-state index is 13.7. The fourth-order valence-electron chi connectivity index (χ4n) is 4.61. The smallest absolute Gasteiger partial charge is 0.330 e. The van der Waals surface area contributed by atoms with Crippen molar-refractivity contribution in [1.29, 1.82) is 0 Å². The van der Waals surface area contributed by atoms with Crippen LogP contribution in [0.5, 0.6) is 34.5 Å².